The second-order valence-electron chi connectivity index (χ2n) is 7.58. The largest absolute Gasteiger partial charge is 0.397 e. The Balaban J connectivity index is 1.55. The SMILES string of the molecule is Nc1cncc(-c2cc(F)c3n[nH]c(-c4nc5nccc(-c6ccccc6F)c5[nH]4)c3c2)c1. The van der Waals surface area contributed by atoms with Crippen LogP contribution < -0.4 is 5.73 Å². The van der Waals surface area contributed by atoms with Gasteiger partial charge >= 0.3 is 0 Å². The lowest BCUT2D eigenvalue weighted by Gasteiger charge is -2.04. The first-order chi connectivity index (χ1) is 16.1. The maximum absolute atomic E-state index is 14.9. The van der Waals surface area contributed by atoms with Crippen LogP contribution in [0.2, 0.25) is 0 Å². The number of hydrogen-bond acceptors (Lipinski definition) is 5. The molecule has 0 unspecified atom stereocenters. The number of benzene rings is 2. The molecule has 0 radical (unpaired) electrons. The molecule has 0 fully saturated rings. The van der Waals surface area contributed by atoms with Crippen LogP contribution in [0.5, 0.6) is 0 Å². The van der Waals surface area contributed by atoms with Gasteiger partial charge in [-0.25, -0.2) is 18.7 Å². The molecule has 160 valence electrons. The highest BCUT2D eigenvalue weighted by Gasteiger charge is 2.19. The minimum atomic E-state index is -0.492. The molecule has 33 heavy (non-hydrogen) atoms. The molecule has 7 nitrogen and oxygen atoms in total. The van der Waals surface area contributed by atoms with E-state index in [1.54, 1.807) is 48.8 Å². The van der Waals surface area contributed by atoms with Gasteiger partial charge in [0.2, 0.25) is 0 Å². The summed E-state index contributed by atoms with van der Waals surface area (Å²) in [6, 6.07) is 13.1. The van der Waals surface area contributed by atoms with Crippen molar-refractivity contribution in [2.24, 2.45) is 0 Å². The molecular formula is C24H15F2N7. The second-order valence-corrected chi connectivity index (χ2v) is 7.58. The van der Waals surface area contributed by atoms with E-state index in [9.17, 15) is 8.78 Å². The van der Waals surface area contributed by atoms with Gasteiger partial charge in [-0.1, -0.05) is 18.2 Å². The predicted molar refractivity (Wildman–Crippen MR) is 122 cm³/mol. The van der Waals surface area contributed by atoms with Crippen LogP contribution in [-0.2, 0) is 0 Å². The summed E-state index contributed by atoms with van der Waals surface area (Å²) >= 11 is 0. The van der Waals surface area contributed by atoms with Crippen LogP contribution in [0.4, 0.5) is 14.5 Å². The number of pyridine rings is 2. The third kappa shape index (κ3) is 3.09. The zero-order valence-electron chi connectivity index (χ0n) is 17.0. The Hall–Kier alpha value is -4.66. The summed E-state index contributed by atoms with van der Waals surface area (Å²) in [5.74, 6) is -0.435. The average molecular weight is 439 g/mol. The van der Waals surface area contributed by atoms with E-state index in [0.29, 0.717) is 56.0 Å². The fourth-order valence-electron chi connectivity index (χ4n) is 3.97. The Kier molecular flexibility index (Phi) is 4.16. The molecule has 2 aromatic carbocycles. The van der Waals surface area contributed by atoms with Crippen molar-refractivity contribution in [1.29, 1.82) is 0 Å². The van der Waals surface area contributed by atoms with Crippen molar-refractivity contribution in [3.05, 3.63) is 78.8 Å². The summed E-state index contributed by atoms with van der Waals surface area (Å²) < 4.78 is 29.3. The first kappa shape index (κ1) is 19.1. The quantitative estimate of drug-likeness (QED) is 0.356. The summed E-state index contributed by atoms with van der Waals surface area (Å²) in [4.78, 5) is 16.1. The maximum Gasteiger partial charge on any atom is 0.178 e. The van der Waals surface area contributed by atoms with E-state index < -0.39 is 5.82 Å². The van der Waals surface area contributed by atoms with Crippen LogP contribution in [0.3, 0.4) is 0 Å². The van der Waals surface area contributed by atoms with Gasteiger partial charge < -0.3 is 10.7 Å². The number of anilines is 1. The van der Waals surface area contributed by atoms with Crippen LogP contribution in [0.15, 0.2) is 67.1 Å². The number of aromatic nitrogens is 6. The molecule has 0 amide bonds. The first-order valence-corrected chi connectivity index (χ1v) is 10.1. The van der Waals surface area contributed by atoms with Crippen molar-refractivity contribution in [1.82, 2.24) is 30.1 Å². The molecule has 0 saturated carbocycles. The van der Waals surface area contributed by atoms with Crippen molar-refractivity contribution in [2.75, 3.05) is 5.73 Å². The molecule has 0 bridgehead atoms. The average Bonchev–Trinajstić information content (AvgIpc) is 3.43. The Morgan fingerprint density at radius 1 is 0.879 bits per heavy atom. The summed E-state index contributed by atoms with van der Waals surface area (Å²) in [6.45, 7) is 0. The monoisotopic (exact) mass is 439 g/mol. The number of halogens is 2. The Morgan fingerprint density at radius 3 is 2.61 bits per heavy atom. The van der Waals surface area contributed by atoms with Gasteiger partial charge in [0, 0.05) is 40.7 Å². The van der Waals surface area contributed by atoms with Crippen LogP contribution in [0, 0.1) is 11.6 Å². The predicted octanol–water partition coefficient (Wildman–Crippen LogP) is 5.09. The molecule has 0 atom stereocenters. The van der Waals surface area contributed by atoms with E-state index in [-0.39, 0.29) is 11.3 Å². The van der Waals surface area contributed by atoms with Crippen molar-refractivity contribution in [2.45, 2.75) is 0 Å². The summed E-state index contributed by atoms with van der Waals surface area (Å²) in [7, 11) is 0. The van der Waals surface area contributed by atoms with Crippen LogP contribution in [-0.4, -0.2) is 30.1 Å². The Morgan fingerprint density at radius 2 is 1.76 bits per heavy atom. The highest BCUT2D eigenvalue weighted by molar-refractivity contribution is 5.97. The van der Waals surface area contributed by atoms with E-state index in [1.807, 2.05) is 0 Å². The third-order valence-corrected chi connectivity index (χ3v) is 5.50. The number of hydrogen-bond donors (Lipinski definition) is 3. The molecule has 0 aliphatic heterocycles. The lowest BCUT2D eigenvalue weighted by molar-refractivity contribution is 0.631. The molecule has 4 N–H and O–H groups in total. The van der Waals surface area contributed by atoms with Gasteiger partial charge in [-0.15, -0.1) is 0 Å². The van der Waals surface area contributed by atoms with Gasteiger partial charge in [0.1, 0.15) is 17.0 Å². The zero-order chi connectivity index (χ0) is 22.5. The number of nitrogens with two attached hydrogens (primary N) is 1. The van der Waals surface area contributed by atoms with Crippen molar-refractivity contribution in [3.63, 3.8) is 0 Å². The van der Waals surface area contributed by atoms with E-state index >= 15 is 0 Å². The summed E-state index contributed by atoms with van der Waals surface area (Å²) in [6.07, 6.45) is 4.71. The first-order valence-electron chi connectivity index (χ1n) is 10.1. The van der Waals surface area contributed by atoms with Crippen molar-refractivity contribution >= 4 is 27.8 Å². The lowest BCUT2D eigenvalue weighted by Crippen LogP contribution is -1.89. The third-order valence-electron chi connectivity index (χ3n) is 5.50. The molecule has 9 heteroatoms. The van der Waals surface area contributed by atoms with E-state index in [2.05, 4.69) is 30.1 Å². The Labute approximate surface area is 185 Å². The van der Waals surface area contributed by atoms with E-state index in [0.717, 1.165) is 0 Å². The molecule has 4 heterocycles. The molecule has 0 saturated heterocycles. The standard InChI is InChI=1S/C24H15F2N7/c25-18-4-2-1-3-15(18)16-5-6-29-23-21(16)30-24(31-23)22-17-8-12(9-19(26)20(17)32-33-22)13-7-14(27)11-28-10-13/h1-11H,27H2,(H,32,33)(H,29,30,31). The van der Waals surface area contributed by atoms with Gasteiger partial charge in [0.05, 0.1) is 11.2 Å². The number of nitrogens with zero attached hydrogens (tertiary/aromatic N) is 4. The van der Waals surface area contributed by atoms with Crippen molar-refractivity contribution in [3.8, 4) is 33.8 Å². The number of fused-ring (bicyclic) bond motifs is 2. The zero-order valence-corrected chi connectivity index (χ0v) is 17.0. The number of H-pyrrole nitrogens is 2. The van der Waals surface area contributed by atoms with Gasteiger partial charge in [-0.3, -0.25) is 10.1 Å². The smallest absolute Gasteiger partial charge is 0.178 e. The lowest BCUT2D eigenvalue weighted by atomic mass is 10.0. The molecule has 6 rings (SSSR count). The molecule has 4 aromatic heterocycles. The number of nitrogens with one attached hydrogen (secondary N) is 2. The summed E-state index contributed by atoms with van der Waals surface area (Å²) in [5.41, 5.74) is 10.3. The second kappa shape index (κ2) is 7.20. The normalized spacial score (nSPS) is 11.5. The number of nitrogen functional groups attached to an aromatic ring is 1. The number of aromatic amines is 2. The van der Waals surface area contributed by atoms with Gasteiger partial charge in [0.25, 0.3) is 0 Å². The fourth-order valence-corrected chi connectivity index (χ4v) is 3.97. The van der Waals surface area contributed by atoms with E-state index in [4.69, 9.17) is 5.73 Å². The fraction of sp³-hybridized carbons (Fsp3) is 0. The summed E-state index contributed by atoms with van der Waals surface area (Å²) in [5, 5.41) is 7.52. The van der Waals surface area contributed by atoms with Gasteiger partial charge in [0.15, 0.2) is 17.3 Å². The molecule has 6 aromatic rings. The molecule has 0 aliphatic carbocycles. The van der Waals surface area contributed by atoms with Crippen LogP contribution >= 0.6 is 0 Å². The van der Waals surface area contributed by atoms with Crippen LogP contribution in [0.25, 0.3) is 55.8 Å². The Bertz CT molecular complexity index is 1670. The minimum absolute atomic E-state index is 0.174. The highest BCUT2D eigenvalue weighted by atomic mass is 19.1. The molecule has 0 aliphatic rings. The number of imidazole rings is 1. The molecular weight excluding hydrogens is 424 g/mol. The number of rotatable bonds is 3. The van der Waals surface area contributed by atoms with E-state index in [1.165, 1.54) is 18.3 Å². The van der Waals surface area contributed by atoms with Gasteiger partial charge in [-0.2, -0.15) is 5.10 Å². The van der Waals surface area contributed by atoms with Crippen molar-refractivity contribution < 1.29 is 8.78 Å². The highest BCUT2D eigenvalue weighted by Crippen LogP contribution is 2.34. The minimum Gasteiger partial charge on any atom is -0.397 e. The maximum atomic E-state index is 14.9. The van der Waals surface area contributed by atoms with Gasteiger partial charge in [-0.05, 0) is 35.9 Å². The van der Waals surface area contributed by atoms with Crippen LogP contribution in [0.1, 0.15) is 0 Å². The molecule has 0 spiro atoms. The topological polar surface area (TPSA) is 109 Å².